The van der Waals surface area contributed by atoms with Gasteiger partial charge < -0.3 is 50.7 Å². The van der Waals surface area contributed by atoms with E-state index >= 15 is 0 Å². The summed E-state index contributed by atoms with van der Waals surface area (Å²) in [6.45, 7) is 25.7. The average molecular weight is 1140 g/mol. The van der Waals surface area contributed by atoms with Crippen molar-refractivity contribution in [3.63, 3.8) is 0 Å². The first kappa shape index (κ1) is 66.2. The van der Waals surface area contributed by atoms with E-state index in [1.54, 1.807) is 6.07 Å². The molecule has 1 spiro atoms. The molecule has 2 saturated carbocycles. The number of halogens is 4. The van der Waals surface area contributed by atoms with Crippen molar-refractivity contribution in [3.05, 3.63) is 82.9 Å². The maximum atomic E-state index is 13.7. The Bertz CT molecular complexity index is 2080. The van der Waals surface area contributed by atoms with Crippen LogP contribution < -0.4 is 21.3 Å². The van der Waals surface area contributed by atoms with Gasteiger partial charge in [-0.05, 0) is 133 Å². The highest BCUT2D eigenvalue weighted by molar-refractivity contribution is 6.31. The number of alkyl halides is 3. The van der Waals surface area contributed by atoms with E-state index in [2.05, 4.69) is 176 Å². The summed E-state index contributed by atoms with van der Waals surface area (Å²) >= 11 is 6.26. The first-order valence-corrected chi connectivity index (χ1v) is 32.2. The fraction of sp³-hybridized carbons (Fsp3) is 0.785. The third-order valence-corrected chi connectivity index (χ3v) is 19.5. The lowest BCUT2D eigenvalue weighted by molar-refractivity contribution is -0.137. The van der Waals surface area contributed by atoms with Crippen LogP contribution in [-0.2, 0) is 12.6 Å². The second kappa shape index (κ2) is 32.3. The van der Waals surface area contributed by atoms with Crippen molar-refractivity contribution in [3.8, 4) is 0 Å². The summed E-state index contributed by atoms with van der Waals surface area (Å²) in [4.78, 5) is 17.3. The first-order valence-electron chi connectivity index (χ1n) is 31.8. The van der Waals surface area contributed by atoms with Crippen LogP contribution in [0.1, 0.15) is 169 Å². The molecule has 0 unspecified atom stereocenters. The van der Waals surface area contributed by atoms with E-state index in [0.717, 1.165) is 115 Å². The summed E-state index contributed by atoms with van der Waals surface area (Å²) in [5.74, 6) is 2.37. The second-order valence-corrected chi connectivity index (χ2v) is 27.0. The molecule has 3 aliphatic heterocycles. The zero-order valence-electron chi connectivity index (χ0n) is 52.2. The Balaban J connectivity index is 1.26. The highest BCUT2D eigenvalue weighted by Gasteiger charge is 2.39. The van der Waals surface area contributed by atoms with Crippen LogP contribution in [0.15, 0.2) is 66.8 Å². The molecule has 456 valence electrons. The zero-order valence-corrected chi connectivity index (χ0v) is 53.0. The molecule has 15 heteroatoms. The van der Waals surface area contributed by atoms with Gasteiger partial charge in [0.2, 0.25) is 0 Å². The van der Waals surface area contributed by atoms with Crippen LogP contribution in [0, 0.1) is 23.7 Å². The summed E-state index contributed by atoms with van der Waals surface area (Å²) in [5.41, 5.74) is 2.81. The molecule has 5 aliphatic rings. The molecule has 1 aromatic carbocycles. The zero-order chi connectivity index (χ0) is 58.0. The Morgan fingerprint density at radius 2 is 1.51 bits per heavy atom. The van der Waals surface area contributed by atoms with Crippen molar-refractivity contribution in [1.82, 2.24) is 55.6 Å². The SMILES string of the molecule is CC[C@H](C)[C@H]1CN2CCC2=CN(C)C=CN(C)C(CC2CCCCC2)=CN(C)C=CN[C@@H](CCc2ccc(C(F)(F)F)c(Cl)c2)CN2CCC[C@H]2CNC2(CCCC2)CN(C)[C@@H](C(C)C)CN[C@H](C)CCN(C)[C@@H](CC(C)C)CN1. The molecule has 6 rings (SSSR count). The number of hydrogen-bond donors (Lipinski definition) is 4. The number of fused-ring (bicyclic) bond motifs is 2. The van der Waals surface area contributed by atoms with Gasteiger partial charge >= 0.3 is 6.18 Å². The fourth-order valence-corrected chi connectivity index (χ4v) is 13.8. The number of aryl methyl sites for hydroxylation is 1. The lowest BCUT2D eigenvalue weighted by Gasteiger charge is -2.42. The van der Waals surface area contributed by atoms with Gasteiger partial charge in [0, 0.05) is 164 Å². The van der Waals surface area contributed by atoms with E-state index in [4.69, 9.17) is 11.6 Å². The Hall–Kier alpha value is -2.98. The Morgan fingerprint density at radius 1 is 0.775 bits per heavy atom. The van der Waals surface area contributed by atoms with Crippen molar-refractivity contribution in [1.29, 1.82) is 0 Å². The predicted octanol–water partition coefficient (Wildman–Crippen LogP) is 12.4. The standard InChI is InChI=1S/C65H113ClF3N11/c1-13-51(6)62-47-80-34-28-57(80)45-75(9)36-37-77(11)59(39-53-20-15-14-16-21-53)46-74(8)35-31-70-55(25-23-54-24-26-60(61(66)40-54)65(67,68)69)44-79-32-19-22-56(79)42-73-64(29-17-18-30-64)48-78(12)63(50(4)5)43-71-52(7)27-33-76(10)58(41-72-62)38-49(2)3/h24,26,31,35-37,40,45-46,49-53,55-56,58,62-63,70-73H,13-23,25,27-30,32-34,38-39,41-44,47-48H2,1-12H3/t51-,52+,55-,56-,58-,62+,63+/m0/s1. The molecule has 0 amide bonds. The second-order valence-electron chi connectivity index (χ2n) is 26.6. The van der Waals surface area contributed by atoms with Crippen LogP contribution in [0.5, 0.6) is 0 Å². The Kier molecular flexibility index (Phi) is 26.7. The highest BCUT2D eigenvalue weighted by Crippen LogP contribution is 2.36. The van der Waals surface area contributed by atoms with Gasteiger partial charge in [-0.15, -0.1) is 0 Å². The molecule has 2 aliphatic carbocycles. The summed E-state index contributed by atoms with van der Waals surface area (Å²) in [6.07, 6.45) is 29.4. The first-order chi connectivity index (χ1) is 38.1. The number of rotatable bonds is 10. The van der Waals surface area contributed by atoms with Crippen LogP contribution in [0.2, 0.25) is 5.02 Å². The molecule has 7 atom stereocenters. The van der Waals surface area contributed by atoms with Crippen LogP contribution in [0.25, 0.3) is 0 Å². The molecule has 4 fully saturated rings. The number of nitrogens with zero attached hydrogens (tertiary/aromatic N) is 7. The van der Waals surface area contributed by atoms with E-state index < -0.39 is 11.7 Å². The molecular weight excluding hydrogens is 1030 g/mol. The van der Waals surface area contributed by atoms with Gasteiger partial charge in [-0.2, -0.15) is 13.2 Å². The quantitative estimate of drug-likeness (QED) is 0.181. The fourth-order valence-electron chi connectivity index (χ4n) is 13.5. The minimum absolute atomic E-state index is 0.0732. The Labute approximate surface area is 490 Å². The third-order valence-electron chi connectivity index (χ3n) is 19.1. The monoisotopic (exact) mass is 1140 g/mol. The summed E-state index contributed by atoms with van der Waals surface area (Å²) in [5, 5.41) is 16.0. The van der Waals surface area contributed by atoms with E-state index in [-0.39, 0.29) is 16.6 Å². The summed E-state index contributed by atoms with van der Waals surface area (Å²) in [7, 11) is 11.2. The minimum atomic E-state index is -4.48. The largest absolute Gasteiger partial charge is 0.417 e. The number of likely N-dealkylation sites (N-methyl/N-ethyl adjacent to an activating group) is 2. The molecule has 0 radical (unpaired) electrons. The lowest BCUT2D eigenvalue weighted by atomic mass is 9.86. The van der Waals surface area contributed by atoms with Gasteiger partial charge in [-0.25, -0.2) is 0 Å². The van der Waals surface area contributed by atoms with Gasteiger partial charge in [0.15, 0.2) is 0 Å². The lowest BCUT2D eigenvalue weighted by Crippen LogP contribution is -2.58. The van der Waals surface area contributed by atoms with Crippen LogP contribution >= 0.6 is 11.6 Å². The normalized spacial score (nSPS) is 27.9. The molecule has 2 saturated heterocycles. The van der Waals surface area contributed by atoms with Gasteiger partial charge in [-0.3, -0.25) is 4.90 Å². The van der Waals surface area contributed by atoms with Gasteiger partial charge in [0.25, 0.3) is 0 Å². The van der Waals surface area contributed by atoms with Crippen molar-refractivity contribution in [2.24, 2.45) is 23.7 Å². The number of hydrogen-bond acceptors (Lipinski definition) is 11. The van der Waals surface area contributed by atoms with Crippen molar-refractivity contribution >= 4 is 11.6 Å². The van der Waals surface area contributed by atoms with Crippen LogP contribution in [-0.4, -0.2) is 170 Å². The van der Waals surface area contributed by atoms with Gasteiger partial charge in [-0.1, -0.05) is 111 Å². The topological polar surface area (TPSA) is 70.8 Å². The smallest absolute Gasteiger partial charge is 0.386 e. The molecule has 80 heavy (non-hydrogen) atoms. The molecule has 4 N–H and O–H groups in total. The third kappa shape index (κ3) is 21.0. The molecule has 1 aromatic rings. The highest BCUT2D eigenvalue weighted by atomic mass is 35.5. The number of benzene rings is 1. The molecule has 0 bridgehead atoms. The number of allylic oxidation sites excluding steroid dienone is 1. The Morgan fingerprint density at radius 3 is 2.17 bits per heavy atom. The van der Waals surface area contributed by atoms with Crippen LogP contribution in [0.4, 0.5) is 13.2 Å². The van der Waals surface area contributed by atoms with Gasteiger partial charge in [0.05, 0.1) is 10.6 Å². The predicted molar refractivity (Wildman–Crippen MR) is 331 cm³/mol. The molecular formula is C65H113ClF3N11. The van der Waals surface area contributed by atoms with Crippen molar-refractivity contribution in [2.45, 2.75) is 212 Å². The van der Waals surface area contributed by atoms with Crippen molar-refractivity contribution < 1.29 is 13.2 Å². The molecule has 11 nitrogen and oxygen atoms in total. The number of nitrogens with one attached hydrogen (secondary N) is 4. The van der Waals surface area contributed by atoms with Crippen molar-refractivity contribution in [2.75, 3.05) is 94.1 Å². The van der Waals surface area contributed by atoms with E-state index in [9.17, 15) is 13.2 Å². The maximum Gasteiger partial charge on any atom is 0.417 e. The maximum absolute atomic E-state index is 13.7. The summed E-state index contributed by atoms with van der Waals surface area (Å²) in [6, 6.07) is 6.46. The molecule has 3 heterocycles. The van der Waals surface area contributed by atoms with Crippen LogP contribution in [0.3, 0.4) is 0 Å². The minimum Gasteiger partial charge on any atom is -0.386 e. The van der Waals surface area contributed by atoms with E-state index in [1.165, 1.54) is 81.7 Å². The summed E-state index contributed by atoms with van der Waals surface area (Å²) < 4.78 is 41.2. The van der Waals surface area contributed by atoms with E-state index in [1.807, 2.05) is 0 Å². The average Bonchev–Trinajstić information content (AvgIpc) is 4.08. The van der Waals surface area contributed by atoms with E-state index in [0.29, 0.717) is 60.3 Å². The van der Waals surface area contributed by atoms with Gasteiger partial charge in [0.1, 0.15) is 0 Å². The molecule has 0 aromatic heterocycles.